The number of anilines is 2. The number of carbonyl (C=O) groups excluding carboxylic acids is 1. The second-order valence-electron chi connectivity index (χ2n) is 9.31. The third-order valence-electron chi connectivity index (χ3n) is 7.01. The van der Waals surface area contributed by atoms with Gasteiger partial charge in [-0.1, -0.05) is 0 Å². The highest BCUT2D eigenvalue weighted by atomic mass is 32.2. The second-order valence-corrected chi connectivity index (χ2v) is 11.2. The van der Waals surface area contributed by atoms with E-state index in [1.165, 1.54) is 11.4 Å². The van der Waals surface area contributed by atoms with Crippen LogP contribution in [0.15, 0.2) is 35.4 Å². The normalized spacial score (nSPS) is 16.8. The molecule has 1 amide bonds. The van der Waals surface area contributed by atoms with Crippen molar-refractivity contribution < 1.29 is 17.9 Å². The van der Waals surface area contributed by atoms with Gasteiger partial charge in [0.15, 0.2) is 0 Å². The first kappa shape index (κ1) is 25.2. The fourth-order valence-corrected chi connectivity index (χ4v) is 6.58. The average Bonchev–Trinajstić information content (AvgIpc) is 3.15. The van der Waals surface area contributed by atoms with Crippen LogP contribution in [-0.2, 0) is 16.6 Å². The lowest BCUT2D eigenvalue weighted by atomic mass is 10.1. The lowest BCUT2D eigenvalue weighted by molar-refractivity contribution is 0.0926. The van der Waals surface area contributed by atoms with Crippen LogP contribution in [0.4, 0.5) is 11.6 Å². The largest absolute Gasteiger partial charge is 0.495 e. The number of hydrogen-bond donors (Lipinski definition) is 2. The molecule has 2 aromatic heterocycles. The second kappa shape index (κ2) is 9.77. The summed E-state index contributed by atoms with van der Waals surface area (Å²) in [6, 6.07) is 6.68. The number of benzene rings is 1. The highest BCUT2D eigenvalue weighted by molar-refractivity contribution is 7.89. The molecule has 0 radical (unpaired) electrons. The monoisotopic (exact) mass is 525 g/mol. The van der Waals surface area contributed by atoms with E-state index in [0.717, 1.165) is 16.8 Å². The van der Waals surface area contributed by atoms with Gasteiger partial charge in [0.1, 0.15) is 16.3 Å². The number of ether oxygens (including phenoxy) is 1. The summed E-state index contributed by atoms with van der Waals surface area (Å²) < 4.78 is 35.5. The Kier molecular flexibility index (Phi) is 6.65. The number of methoxy groups -OCH3 is 1. The quantitative estimate of drug-likeness (QED) is 0.501. The highest BCUT2D eigenvalue weighted by Gasteiger charge is 2.30. The number of piperazine rings is 1. The minimum Gasteiger partial charge on any atom is -0.495 e. The van der Waals surface area contributed by atoms with Gasteiger partial charge in [0.2, 0.25) is 16.0 Å². The van der Waals surface area contributed by atoms with Gasteiger partial charge in [-0.05, 0) is 44.7 Å². The molecule has 1 fully saturated rings. The predicted octanol–water partition coefficient (Wildman–Crippen LogP) is 1.99. The van der Waals surface area contributed by atoms with Crippen molar-refractivity contribution in [2.24, 2.45) is 0 Å². The smallest absolute Gasteiger partial charge is 0.268 e. The number of hydrogen-bond acceptors (Lipinski definition) is 8. The van der Waals surface area contributed by atoms with Crippen molar-refractivity contribution >= 4 is 27.6 Å². The van der Waals surface area contributed by atoms with Crippen molar-refractivity contribution in [2.75, 3.05) is 52.2 Å². The Balaban J connectivity index is 1.43. The first-order valence-electron chi connectivity index (χ1n) is 12.2. The maximum absolute atomic E-state index is 13.3. The van der Waals surface area contributed by atoms with E-state index in [-0.39, 0.29) is 16.6 Å². The Hall–Kier alpha value is -3.48. The van der Waals surface area contributed by atoms with Gasteiger partial charge in [-0.25, -0.2) is 18.4 Å². The van der Waals surface area contributed by atoms with E-state index in [0.29, 0.717) is 62.3 Å². The summed E-state index contributed by atoms with van der Waals surface area (Å²) in [5.74, 6) is 0.517. The van der Waals surface area contributed by atoms with Crippen LogP contribution < -0.4 is 15.4 Å². The number of carbonyl (C=O) groups is 1. The lowest BCUT2D eigenvalue weighted by Crippen LogP contribution is -2.47. The molecule has 2 aliphatic heterocycles. The number of amides is 1. The van der Waals surface area contributed by atoms with Gasteiger partial charge in [0.25, 0.3) is 5.91 Å². The highest BCUT2D eigenvalue weighted by Crippen LogP contribution is 2.34. The van der Waals surface area contributed by atoms with Crippen molar-refractivity contribution in [3.8, 4) is 17.0 Å². The van der Waals surface area contributed by atoms with Crippen LogP contribution >= 0.6 is 0 Å². The molecule has 1 saturated heterocycles. The molecule has 5 rings (SSSR count). The van der Waals surface area contributed by atoms with Crippen LogP contribution in [-0.4, -0.2) is 84.9 Å². The zero-order chi connectivity index (χ0) is 26.3. The fraction of sp³-hybridized carbons (Fsp3) is 0.400. The molecular weight excluding hydrogens is 494 g/mol. The van der Waals surface area contributed by atoms with E-state index in [1.807, 2.05) is 31.5 Å². The molecule has 0 aliphatic carbocycles. The predicted molar refractivity (Wildman–Crippen MR) is 140 cm³/mol. The van der Waals surface area contributed by atoms with Gasteiger partial charge >= 0.3 is 0 Å². The van der Waals surface area contributed by atoms with Crippen molar-refractivity contribution in [3.05, 3.63) is 47.4 Å². The summed E-state index contributed by atoms with van der Waals surface area (Å²) in [4.78, 5) is 23.7. The van der Waals surface area contributed by atoms with Crippen molar-refractivity contribution in [1.29, 1.82) is 0 Å². The molecule has 2 aliphatic rings. The van der Waals surface area contributed by atoms with E-state index in [4.69, 9.17) is 9.72 Å². The van der Waals surface area contributed by atoms with Crippen LogP contribution in [0.5, 0.6) is 5.75 Å². The van der Waals surface area contributed by atoms with Crippen LogP contribution in [0.3, 0.4) is 0 Å². The Labute approximate surface area is 216 Å². The summed E-state index contributed by atoms with van der Waals surface area (Å²) >= 11 is 0. The molecule has 11 nitrogen and oxygen atoms in total. The van der Waals surface area contributed by atoms with E-state index in [2.05, 4.69) is 20.5 Å². The van der Waals surface area contributed by atoms with E-state index in [9.17, 15) is 13.2 Å². The maximum Gasteiger partial charge on any atom is 0.268 e. The minimum absolute atomic E-state index is 0.0794. The Bertz CT molecular complexity index is 1460. The summed E-state index contributed by atoms with van der Waals surface area (Å²) in [6.45, 7) is 7.47. The number of aromatic nitrogens is 3. The molecule has 4 heterocycles. The summed E-state index contributed by atoms with van der Waals surface area (Å²) in [6.07, 6.45) is 1.66. The third-order valence-corrected chi connectivity index (χ3v) is 8.95. The molecule has 2 N–H and O–H groups in total. The summed E-state index contributed by atoms with van der Waals surface area (Å²) in [5.41, 5.74) is 4.71. The average molecular weight is 526 g/mol. The van der Waals surface area contributed by atoms with Crippen LogP contribution in [0.2, 0.25) is 0 Å². The van der Waals surface area contributed by atoms with Crippen LogP contribution in [0.1, 0.15) is 21.7 Å². The van der Waals surface area contributed by atoms with Crippen LogP contribution in [0.25, 0.3) is 11.3 Å². The Morgan fingerprint density at radius 2 is 1.84 bits per heavy atom. The van der Waals surface area contributed by atoms with Gasteiger partial charge in [0.05, 0.1) is 12.8 Å². The third kappa shape index (κ3) is 4.56. The molecule has 0 atom stereocenters. The molecule has 0 saturated carbocycles. The van der Waals surface area contributed by atoms with Crippen molar-refractivity contribution in [2.45, 2.75) is 25.3 Å². The maximum atomic E-state index is 13.3. The van der Waals surface area contributed by atoms with Crippen molar-refractivity contribution in [3.63, 3.8) is 0 Å². The van der Waals surface area contributed by atoms with E-state index in [1.54, 1.807) is 24.4 Å². The van der Waals surface area contributed by atoms with Gasteiger partial charge in [-0.3, -0.25) is 4.79 Å². The molecule has 0 unspecified atom stereocenters. The molecule has 3 aromatic rings. The van der Waals surface area contributed by atoms with Crippen LogP contribution in [0, 0.1) is 13.8 Å². The lowest BCUT2D eigenvalue weighted by Gasteiger charge is -2.31. The molecular formula is C25H31N7O4S. The molecule has 12 heteroatoms. The summed E-state index contributed by atoms with van der Waals surface area (Å²) in [5, 5.41) is 6.06. The topological polar surface area (TPSA) is 122 Å². The Morgan fingerprint density at radius 3 is 2.54 bits per heavy atom. The first-order chi connectivity index (χ1) is 17.7. The molecule has 196 valence electrons. The number of nitrogens with one attached hydrogen (secondary N) is 2. The molecule has 37 heavy (non-hydrogen) atoms. The summed E-state index contributed by atoms with van der Waals surface area (Å²) in [7, 11) is -0.256. The molecule has 0 bridgehead atoms. The zero-order valence-electron chi connectivity index (χ0n) is 21.4. The number of nitrogens with zero attached hydrogens (tertiary/aromatic N) is 5. The fourth-order valence-electron chi connectivity index (χ4n) is 5.02. The molecule has 0 spiro atoms. The van der Waals surface area contributed by atoms with Gasteiger partial charge in [-0.15, -0.1) is 0 Å². The minimum atomic E-state index is -3.69. The van der Waals surface area contributed by atoms with Crippen molar-refractivity contribution in [1.82, 2.24) is 29.1 Å². The van der Waals surface area contributed by atoms with Gasteiger partial charge < -0.3 is 24.8 Å². The van der Waals surface area contributed by atoms with E-state index < -0.39 is 10.0 Å². The number of sulfonamides is 1. The van der Waals surface area contributed by atoms with E-state index >= 15 is 0 Å². The van der Waals surface area contributed by atoms with Gasteiger partial charge in [0, 0.05) is 68.5 Å². The Morgan fingerprint density at radius 1 is 1.08 bits per heavy atom. The SMILES string of the molecule is COc1cc(Nc2nccc(-c3c(C)c4n(c3C)CCNC4=O)n2)ccc1S(=O)(=O)N1CCN(C)CC1. The zero-order valence-corrected chi connectivity index (χ0v) is 22.2. The first-order valence-corrected chi connectivity index (χ1v) is 13.6. The number of fused-ring (bicyclic) bond motifs is 1. The van der Waals surface area contributed by atoms with Gasteiger partial charge in [-0.2, -0.15) is 4.31 Å². The standard InChI is InChI=1S/C25H31N7O4S/c1-16-22(17(2)32-10-9-26-24(33)23(16)32)19-7-8-27-25(29-19)28-18-5-6-21(20(15-18)36-4)37(34,35)31-13-11-30(3)12-14-31/h5-8,15H,9-14H2,1-4H3,(H,26,33)(H,27,28,29). The molecule has 1 aromatic carbocycles. The number of rotatable bonds is 6. The number of likely N-dealkylation sites (N-methyl/N-ethyl adjacent to an activating group) is 1.